The third-order valence-electron chi connectivity index (χ3n) is 4.05. The Morgan fingerprint density at radius 1 is 1.35 bits per heavy atom. The van der Waals surface area contributed by atoms with Gasteiger partial charge in [0.05, 0.1) is 20.3 Å². The minimum atomic E-state index is -0.0388. The number of aromatic nitrogens is 3. The first-order valence-corrected chi connectivity index (χ1v) is 8.44. The summed E-state index contributed by atoms with van der Waals surface area (Å²) >= 11 is 0. The number of Topliss-reactive ketones (excluding diaryl/α,β-unsaturated/α-hetero) is 1. The van der Waals surface area contributed by atoms with Crippen molar-refractivity contribution in [3.8, 4) is 5.75 Å². The number of nitrogens with one attached hydrogen (secondary N) is 2. The largest absolute Gasteiger partial charge is 0.497 e. The van der Waals surface area contributed by atoms with Crippen molar-refractivity contribution in [1.82, 2.24) is 15.0 Å². The molecule has 3 rings (SSSR count). The van der Waals surface area contributed by atoms with Gasteiger partial charge in [-0.3, -0.25) is 4.79 Å². The normalized spacial score (nSPS) is 10.9. The molecule has 0 spiro atoms. The van der Waals surface area contributed by atoms with Crippen LogP contribution in [0.15, 0.2) is 30.6 Å². The lowest BCUT2D eigenvalue weighted by molar-refractivity contribution is 0.101. The smallest absolute Gasteiger partial charge is 0.184 e. The maximum atomic E-state index is 12.7. The average molecular weight is 354 g/mol. The molecule has 0 unspecified atom stereocenters. The molecule has 2 heterocycles. The second kappa shape index (κ2) is 7.97. The van der Waals surface area contributed by atoms with E-state index >= 15 is 0 Å². The minimum Gasteiger partial charge on any atom is -0.497 e. The summed E-state index contributed by atoms with van der Waals surface area (Å²) in [5.41, 5.74) is 2.33. The fourth-order valence-electron chi connectivity index (χ4n) is 2.68. The van der Waals surface area contributed by atoms with E-state index in [4.69, 9.17) is 9.47 Å². The van der Waals surface area contributed by atoms with Crippen molar-refractivity contribution in [3.05, 3.63) is 47.5 Å². The van der Waals surface area contributed by atoms with Crippen molar-refractivity contribution in [1.29, 1.82) is 0 Å². The highest BCUT2D eigenvalue weighted by Crippen LogP contribution is 2.24. The van der Waals surface area contributed by atoms with E-state index in [2.05, 4.69) is 20.3 Å². The maximum absolute atomic E-state index is 12.7. The number of aromatic amines is 1. The van der Waals surface area contributed by atoms with Crippen LogP contribution in [0.3, 0.4) is 0 Å². The highest BCUT2D eigenvalue weighted by Gasteiger charge is 2.14. The van der Waals surface area contributed by atoms with E-state index in [1.54, 1.807) is 19.5 Å². The van der Waals surface area contributed by atoms with Gasteiger partial charge in [-0.15, -0.1) is 0 Å². The van der Waals surface area contributed by atoms with Gasteiger partial charge in [0.15, 0.2) is 5.78 Å². The van der Waals surface area contributed by atoms with Gasteiger partial charge in [-0.25, -0.2) is 9.97 Å². The highest BCUT2D eigenvalue weighted by molar-refractivity contribution is 6.09. The van der Waals surface area contributed by atoms with E-state index in [0.717, 1.165) is 16.5 Å². The number of nitrogens with zero attached hydrogens (tertiary/aromatic N) is 2. The fourth-order valence-corrected chi connectivity index (χ4v) is 2.68. The number of ether oxygens (including phenoxy) is 2. The Morgan fingerprint density at radius 3 is 2.96 bits per heavy atom. The second-order valence-corrected chi connectivity index (χ2v) is 5.82. The van der Waals surface area contributed by atoms with Crippen molar-refractivity contribution < 1.29 is 14.3 Å². The lowest BCUT2D eigenvalue weighted by Gasteiger charge is -2.11. The SMILES string of the molecule is CCOCc1cnc(C)nc1NCC(=O)c1c[nH]c2ccc(OC)cc12. The van der Waals surface area contributed by atoms with Gasteiger partial charge in [0.1, 0.15) is 17.4 Å². The van der Waals surface area contributed by atoms with Crippen molar-refractivity contribution in [2.75, 3.05) is 25.6 Å². The number of aryl methyl sites for hydroxylation is 1. The molecule has 3 aromatic rings. The summed E-state index contributed by atoms with van der Waals surface area (Å²) in [5, 5.41) is 3.96. The first kappa shape index (κ1) is 17.9. The molecule has 0 bridgehead atoms. The zero-order chi connectivity index (χ0) is 18.5. The van der Waals surface area contributed by atoms with Gasteiger partial charge in [0.2, 0.25) is 0 Å². The van der Waals surface area contributed by atoms with Crippen LogP contribution in [0.1, 0.15) is 28.7 Å². The standard InChI is InChI=1S/C19H22N4O3/c1-4-26-11-13-8-20-12(2)23-19(13)22-10-18(24)16-9-21-17-6-5-14(25-3)7-15(16)17/h5-9,21H,4,10-11H2,1-3H3,(H,20,22,23). The number of ketones is 1. The van der Waals surface area contributed by atoms with Crippen LogP contribution in [0.25, 0.3) is 10.9 Å². The lowest BCUT2D eigenvalue weighted by Crippen LogP contribution is -2.16. The summed E-state index contributed by atoms with van der Waals surface area (Å²) < 4.78 is 10.7. The van der Waals surface area contributed by atoms with Gasteiger partial charge in [-0.1, -0.05) is 0 Å². The van der Waals surface area contributed by atoms with E-state index in [1.165, 1.54) is 0 Å². The van der Waals surface area contributed by atoms with E-state index in [0.29, 0.717) is 36.2 Å². The predicted molar refractivity (Wildman–Crippen MR) is 99.8 cm³/mol. The summed E-state index contributed by atoms with van der Waals surface area (Å²) in [6.45, 7) is 4.86. The van der Waals surface area contributed by atoms with E-state index in [1.807, 2.05) is 32.0 Å². The van der Waals surface area contributed by atoms with Crippen molar-refractivity contribution in [3.63, 3.8) is 0 Å². The molecule has 0 radical (unpaired) electrons. The number of hydrogen-bond donors (Lipinski definition) is 2. The quantitative estimate of drug-likeness (QED) is 0.604. The van der Waals surface area contributed by atoms with Crippen LogP contribution < -0.4 is 10.1 Å². The molecule has 7 heteroatoms. The molecule has 7 nitrogen and oxygen atoms in total. The van der Waals surface area contributed by atoms with Gasteiger partial charge < -0.3 is 19.8 Å². The molecule has 136 valence electrons. The van der Waals surface area contributed by atoms with Crippen molar-refractivity contribution in [2.45, 2.75) is 20.5 Å². The molecule has 0 saturated carbocycles. The maximum Gasteiger partial charge on any atom is 0.184 e. The topological polar surface area (TPSA) is 89.1 Å². The van der Waals surface area contributed by atoms with Crippen LogP contribution in [0.4, 0.5) is 5.82 Å². The molecule has 2 N–H and O–H groups in total. The lowest BCUT2D eigenvalue weighted by atomic mass is 10.1. The van der Waals surface area contributed by atoms with Gasteiger partial charge in [0, 0.05) is 41.0 Å². The fraction of sp³-hybridized carbons (Fsp3) is 0.316. The van der Waals surface area contributed by atoms with Crippen LogP contribution in [-0.2, 0) is 11.3 Å². The number of anilines is 1. The van der Waals surface area contributed by atoms with E-state index < -0.39 is 0 Å². The molecular weight excluding hydrogens is 332 g/mol. The molecule has 0 aliphatic carbocycles. The Bertz CT molecular complexity index is 920. The monoisotopic (exact) mass is 354 g/mol. The Morgan fingerprint density at radius 2 is 2.19 bits per heavy atom. The Hall–Kier alpha value is -2.93. The molecule has 0 aliphatic heterocycles. The third kappa shape index (κ3) is 3.83. The zero-order valence-corrected chi connectivity index (χ0v) is 15.1. The number of carbonyl (C=O) groups is 1. The number of carbonyl (C=O) groups excluding carboxylic acids is 1. The Balaban J connectivity index is 1.78. The molecule has 0 saturated heterocycles. The first-order valence-electron chi connectivity index (χ1n) is 8.44. The molecule has 1 aromatic carbocycles. The number of rotatable bonds is 8. The molecule has 2 aromatic heterocycles. The van der Waals surface area contributed by atoms with Gasteiger partial charge >= 0.3 is 0 Å². The third-order valence-corrected chi connectivity index (χ3v) is 4.05. The zero-order valence-electron chi connectivity index (χ0n) is 15.1. The van der Waals surface area contributed by atoms with Crippen LogP contribution in [0.2, 0.25) is 0 Å². The average Bonchev–Trinajstić information content (AvgIpc) is 3.08. The van der Waals surface area contributed by atoms with Crippen LogP contribution >= 0.6 is 0 Å². The van der Waals surface area contributed by atoms with Gasteiger partial charge in [0.25, 0.3) is 0 Å². The molecular formula is C19H22N4O3. The molecule has 26 heavy (non-hydrogen) atoms. The number of H-pyrrole nitrogens is 1. The van der Waals surface area contributed by atoms with Crippen LogP contribution in [-0.4, -0.2) is 41.0 Å². The summed E-state index contributed by atoms with van der Waals surface area (Å²) in [6.07, 6.45) is 3.45. The number of benzene rings is 1. The van der Waals surface area contributed by atoms with E-state index in [9.17, 15) is 4.79 Å². The number of hydrogen-bond acceptors (Lipinski definition) is 6. The van der Waals surface area contributed by atoms with E-state index in [-0.39, 0.29) is 12.3 Å². The number of fused-ring (bicyclic) bond motifs is 1. The van der Waals surface area contributed by atoms with Gasteiger partial charge in [-0.05, 0) is 32.0 Å². The molecule has 0 amide bonds. The Kier molecular flexibility index (Phi) is 5.48. The summed E-state index contributed by atoms with van der Waals surface area (Å²) in [6, 6.07) is 5.61. The van der Waals surface area contributed by atoms with Crippen LogP contribution in [0.5, 0.6) is 5.75 Å². The summed E-state index contributed by atoms with van der Waals surface area (Å²) in [5.74, 6) is 1.93. The molecule has 0 atom stereocenters. The Labute approximate surface area is 151 Å². The molecule has 0 aliphatic rings. The summed E-state index contributed by atoms with van der Waals surface area (Å²) in [4.78, 5) is 24.4. The predicted octanol–water partition coefficient (Wildman–Crippen LogP) is 3.11. The second-order valence-electron chi connectivity index (χ2n) is 5.82. The highest BCUT2D eigenvalue weighted by atomic mass is 16.5. The van der Waals surface area contributed by atoms with Crippen molar-refractivity contribution in [2.24, 2.45) is 0 Å². The van der Waals surface area contributed by atoms with Gasteiger partial charge in [-0.2, -0.15) is 0 Å². The first-order chi connectivity index (χ1) is 12.6. The number of methoxy groups -OCH3 is 1. The molecule has 0 fully saturated rings. The van der Waals surface area contributed by atoms with Crippen molar-refractivity contribution >= 4 is 22.5 Å². The summed E-state index contributed by atoms with van der Waals surface area (Å²) in [7, 11) is 1.61. The van der Waals surface area contributed by atoms with Crippen LogP contribution in [0, 0.1) is 6.92 Å². The minimum absolute atomic E-state index is 0.0388.